The van der Waals surface area contributed by atoms with Crippen LogP contribution in [0.4, 0.5) is 13.2 Å². The number of alkyl halides is 3. The minimum Gasteiger partial charge on any atom is -0.316 e. The second-order valence-corrected chi connectivity index (χ2v) is 8.39. The number of aromatic nitrogens is 3. The minimum atomic E-state index is -4.07. The van der Waals surface area contributed by atoms with Gasteiger partial charge in [0, 0.05) is 30.1 Å². The van der Waals surface area contributed by atoms with E-state index in [1.54, 1.807) is 0 Å². The van der Waals surface area contributed by atoms with Crippen LogP contribution in [-0.2, 0) is 6.42 Å². The molecule has 1 saturated carbocycles. The molecular formula is C21H29F3N4. The van der Waals surface area contributed by atoms with Crippen molar-refractivity contribution in [3.05, 3.63) is 28.7 Å². The van der Waals surface area contributed by atoms with E-state index in [1.807, 2.05) is 10.6 Å². The van der Waals surface area contributed by atoms with Crippen LogP contribution in [0, 0.1) is 12.8 Å². The first kappa shape index (κ1) is 19.7. The molecule has 0 aromatic carbocycles. The standard InChI is InChI=1S/C21H29F3N4/c1-3-17-13(2)26-19-11-18(14-6-8-16(9-7-14)21(22,23)24)27-28(19)20(17)15-5-4-10-25-12-15/h11,14-16,25H,3-10,12H2,1-2H3/t14?,15-,16?/m1/s1. The van der Waals surface area contributed by atoms with E-state index in [2.05, 4.69) is 19.2 Å². The van der Waals surface area contributed by atoms with E-state index < -0.39 is 12.1 Å². The molecule has 154 valence electrons. The number of hydrogen-bond acceptors (Lipinski definition) is 3. The fraction of sp³-hybridized carbons (Fsp3) is 0.714. The number of nitrogens with one attached hydrogen (secondary N) is 1. The first-order valence-electron chi connectivity index (χ1n) is 10.5. The fourth-order valence-corrected chi connectivity index (χ4v) is 5.06. The molecule has 1 N–H and O–H groups in total. The molecule has 28 heavy (non-hydrogen) atoms. The van der Waals surface area contributed by atoms with Gasteiger partial charge >= 0.3 is 6.18 Å². The van der Waals surface area contributed by atoms with Crippen LogP contribution >= 0.6 is 0 Å². The van der Waals surface area contributed by atoms with Crippen LogP contribution < -0.4 is 5.32 Å². The number of piperidine rings is 1. The van der Waals surface area contributed by atoms with Crippen molar-refractivity contribution >= 4 is 5.65 Å². The van der Waals surface area contributed by atoms with Gasteiger partial charge in [-0.15, -0.1) is 0 Å². The Morgan fingerprint density at radius 3 is 2.50 bits per heavy atom. The molecule has 1 saturated heterocycles. The number of fused-ring (bicyclic) bond motifs is 1. The zero-order valence-electron chi connectivity index (χ0n) is 16.6. The summed E-state index contributed by atoms with van der Waals surface area (Å²) in [6.07, 6.45) is 0.618. The van der Waals surface area contributed by atoms with Crippen LogP contribution in [0.3, 0.4) is 0 Å². The molecule has 0 bridgehead atoms. The molecule has 1 atom stereocenters. The summed E-state index contributed by atoms with van der Waals surface area (Å²) in [5.74, 6) is -0.652. The molecule has 0 spiro atoms. The van der Waals surface area contributed by atoms with Crippen molar-refractivity contribution in [2.24, 2.45) is 5.92 Å². The smallest absolute Gasteiger partial charge is 0.316 e. The van der Waals surface area contributed by atoms with Crippen molar-refractivity contribution in [3.8, 4) is 0 Å². The van der Waals surface area contributed by atoms with Gasteiger partial charge in [0.15, 0.2) is 5.65 Å². The summed E-state index contributed by atoms with van der Waals surface area (Å²) in [7, 11) is 0. The Balaban J connectivity index is 1.67. The van der Waals surface area contributed by atoms with E-state index in [4.69, 9.17) is 10.1 Å². The van der Waals surface area contributed by atoms with Gasteiger partial charge in [-0.05, 0) is 64.0 Å². The lowest BCUT2D eigenvalue weighted by Crippen LogP contribution is -2.30. The summed E-state index contributed by atoms with van der Waals surface area (Å²) in [5.41, 5.74) is 5.29. The van der Waals surface area contributed by atoms with Crippen molar-refractivity contribution in [1.82, 2.24) is 19.9 Å². The van der Waals surface area contributed by atoms with Gasteiger partial charge < -0.3 is 5.32 Å². The second kappa shape index (κ2) is 7.65. The summed E-state index contributed by atoms with van der Waals surface area (Å²) in [6.45, 7) is 6.20. The summed E-state index contributed by atoms with van der Waals surface area (Å²) in [4.78, 5) is 4.77. The Kier molecular flexibility index (Phi) is 5.38. The molecule has 2 aromatic heterocycles. The third-order valence-electron chi connectivity index (χ3n) is 6.61. The lowest BCUT2D eigenvalue weighted by molar-refractivity contribution is -0.182. The van der Waals surface area contributed by atoms with Gasteiger partial charge in [0.25, 0.3) is 0 Å². The number of rotatable bonds is 3. The fourth-order valence-electron chi connectivity index (χ4n) is 5.06. The van der Waals surface area contributed by atoms with Crippen molar-refractivity contribution in [2.45, 2.75) is 76.8 Å². The normalized spacial score (nSPS) is 26.7. The average molecular weight is 394 g/mol. The van der Waals surface area contributed by atoms with Gasteiger partial charge in [-0.3, -0.25) is 0 Å². The molecule has 0 amide bonds. The Morgan fingerprint density at radius 2 is 1.89 bits per heavy atom. The molecule has 0 unspecified atom stereocenters. The van der Waals surface area contributed by atoms with Crippen LogP contribution in [0.15, 0.2) is 6.07 Å². The molecule has 4 nitrogen and oxygen atoms in total. The van der Waals surface area contributed by atoms with E-state index in [9.17, 15) is 13.2 Å². The number of halogens is 3. The van der Waals surface area contributed by atoms with Crippen LogP contribution in [0.5, 0.6) is 0 Å². The molecule has 7 heteroatoms. The highest BCUT2D eigenvalue weighted by Gasteiger charge is 2.42. The van der Waals surface area contributed by atoms with Gasteiger partial charge in [-0.2, -0.15) is 18.3 Å². The zero-order valence-corrected chi connectivity index (χ0v) is 16.6. The van der Waals surface area contributed by atoms with Gasteiger partial charge in [0.1, 0.15) is 0 Å². The third-order valence-corrected chi connectivity index (χ3v) is 6.61. The van der Waals surface area contributed by atoms with Crippen molar-refractivity contribution in [1.29, 1.82) is 0 Å². The molecule has 0 radical (unpaired) electrons. The van der Waals surface area contributed by atoms with Gasteiger partial charge in [-0.1, -0.05) is 6.92 Å². The lowest BCUT2D eigenvalue weighted by Gasteiger charge is -2.29. The Morgan fingerprint density at radius 1 is 1.14 bits per heavy atom. The third kappa shape index (κ3) is 3.65. The molecule has 1 aliphatic carbocycles. The van der Waals surface area contributed by atoms with E-state index in [0.29, 0.717) is 18.8 Å². The predicted octanol–water partition coefficient (Wildman–Crippen LogP) is 4.90. The molecule has 2 fully saturated rings. The average Bonchev–Trinajstić information content (AvgIpc) is 3.10. The number of nitrogens with zero attached hydrogens (tertiary/aromatic N) is 3. The Labute approximate surface area is 163 Å². The van der Waals surface area contributed by atoms with E-state index in [1.165, 1.54) is 11.3 Å². The SMILES string of the molecule is CCc1c(C)nc2cc(C3CCC(C(F)(F)F)CC3)nn2c1[C@@H]1CCCNC1. The highest BCUT2D eigenvalue weighted by atomic mass is 19.4. The number of aryl methyl sites for hydroxylation is 1. The Hall–Kier alpha value is -1.63. The summed E-state index contributed by atoms with van der Waals surface area (Å²) < 4.78 is 41.0. The molecule has 3 heterocycles. The summed E-state index contributed by atoms with van der Waals surface area (Å²) >= 11 is 0. The van der Waals surface area contributed by atoms with Crippen molar-refractivity contribution in [3.63, 3.8) is 0 Å². The highest BCUT2D eigenvalue weighted by Crippen LogP contribution is 2.43. The predicted molar refractivity (Wildman–Crippen MR) is 103 cm³/mol. The first-order chi connectivity index (χ1) is 13.4. The monoisotopic (exact) mass is 394 g/mol. The maximum absolute atomic E-state index is 13.0. The largest absolute Gasteiger partial charge is 0.391 e. The van der Waals surface area contributed by atoms with Crippen LogP contribution in [-0.4, -0.2) is 33.9 Å². The zero-order chi connectivity index (χ0) is 19.9. The molecule has 2 aliphatic rings. The van der Waals surface area contributed by atoms with E-state index in [0.717, 1.165) is 49.4 Å². The second-order valence-electron chi connectivity index (χ2n) is 8.39. The summed E-state index contributed by atoms with van der Waals surface area (Å²) in [6, 6.07) is 2.00. The minimum absolute atomic E-state index is 0.100. The first-order valence-corrected chi connectivity index (χ1v) is 10.5. The van der Waals surface area contributed by atoms with Crippen molar-refractivity contribution < 1.29 is 13.2 Å². The molecule has 1 aliphatic heterocycles. The quantitative estimate of drug-likeness (QED) is 0.805. The highest BCUT2D eigenvalue weighted by molar-refractivity contribution is 5.46. The van der Waals surface area contributed by atoms with Gasteiger partial charge in [-0.25, -0.2) is 9.50 Å². The topological polar surface area (TPSA) is 42.2 Å². The molecule has 2 aromatic rings. The maximum Gasteiger partial charge on any atom is 0.391 e. The van der Waals surface area contributed by atoms with Crippen LogP contribution in [0.1, 0.15) is 79.9 Å². The van der Waals surface area contributed by atoms with Gasteiger partial charge in [0.2, 0.25) is 0 Å². The van der Waals surface area contributed by atoms with E-state index >= 15 is 0 Å². The molecule has 4 rings (SSSR count). The Bertz CT molecular complexity index is 828. The van der Waals surface area contributed by atoms with Crippen LogP contribution in [0.25, 0.3) is 5.65 Å². The lowest BCUT2D eigenvalue weighted by atomic mass is 9.80. The van der Waals surface area contributed by atoms with Crippen LogP contribution in [0.2, 0.25) is 0 Å². The van der Waals surface area contributed by atoms with Crippen molar-refractivity contribution in [2.75, 3.05) is 13.1 Å². The summed E-state index contributed by atoms with van der Waals surface area (Å²) in [5, 5.41) is 8.38. The van der Waals surface area contributed by atoms with E-state index in [-0.39, 0.29) is 18.8 Å². The number of hydrogen-bond donors (Lipinski definition) is 1. The van der Waals surface area contributed by atoms with Gasteiger partial charge in [0.05, 0.1) is 17.3 Å². The molecular weight excluding hydrogens is 365 g/mol. The maximum atomic E-state index is 13.0.